The Hall–Kier alpha value is -2.47. The van der Waals surface area contributed by atoms with Crippen molar-refractivity contribution in [2.45, 2.75) is 25.3 Å². The highest BCUT2D eigenvalue weighted by atomic mass is 19.2. The van der Waals surface area contributed by atoms with Crippen LogP contribution in [0.5, 0.6) is 5.75 Å². The van der Waals surface area contributed by atoms with Gasteiger partial charge in [0, 0.05) is 24.1 Å². The maximum atomic E-state index is 13.6. The van der Waals surface area contributed by atoms with Crippen LogP contribution in [0.3, 0.4) is 0 Å². The number of benzene rings is 2. The monoisotopic (exact) mass is 360 g/mol. The highest BCUT2D eigenvalue weighted by Crippen LogP contribution is 2.27. The number of hydrogen-bond acceptors (Lipinski definition) is 3. The molecule has 0 aliphatic carbocycles. The van der Waals surface area contributed by atoms with Crippen molar-refractivity contribution in [3.05, 3.63) is 65.2 Å². The Bertz CT molecular complexity index is 765. The molecule has 1 aliphatic rings. The standard InChI is InChI=1S/C20H22F2N2O2/c1-2-26-15-6-3-13(4-7-15)20(25)24-19-12-23-10-9-16(19)14-5-8-17(21)18(22)11-14/h3-8,11,16,19,23H,2,9-10,12H2,1H3,(H,24,25). The minimum Gasteiger partial charge on any atom is -0.494 e. The van der Waals surface area contributed by atoms with Crippen molar-refractivity contribution < 1.29 is 18.3 Å². The number of piperidine rings is 1. The lowest BCUT2D eigenvalue weighted by molar-refractivity contribution is 0.0924. The summed E-state index contributed by atoms with van der Waals surface area (Å²) in [6, 6.07) is 10.7. The normalized spacial score (nSPS) is 19.8. The number of halogens is 2. The first-order valence-electron chi connectivity index (χ1n) is 8.78. The molecule has 2 N–H and O–H groups in total. The summed E-state index contributed by atoms with van der Waals surface area (Å²) in [5.74, 6) is -1.29. The third-order valence-electron chi connectivity index (χ3n) is 4.60. The predicted molar refractivity (Wildman–Crippen MR) is 95.5 cm³/mol. The number of ether oxygens (including phenoxy) is 1. The molecular formula is C20H22F2N2O2. The summed E-state index contributed by atoms with van der Waals surface area (Å²) in [4.78, 5) is 12.6. The third-order valence-corrected chi connectivity index (χ3v) is 4.60. The van der Waals surface area contributed by atoms with Gasteiger partial charge in [0.2, 0.25) is 0 Å². The molecule has 138 valence electrons. The molecule has 2 aromatic carbocycles. The molecule has 6 heteroatoms. The molecule has 1 aliphatic heterocycles. The molecule has 0 saturated carbocycles. The van der Waals surface area contributed by atoms with Crippen LogP contribution in [0.2, 0.25) is 0 Å². The second-order valence-electron chi connectivity index (χ2n) is 6.31. The van der Waals surface area contributed by atoms with Crippen LogP contribution in [0.25, 0.3) is 0 Å². The summed E-state index contributed by atoms with van der Waals surface area (Å²) in [7, 11) is 0. The number of amides is 1. The second-order valence-corrected chi connectivity index (χ2v) is 6.31. The number of hydrogen-bond donors (Lipinski definition) is 2. The van der Waals surface area contributed by atoms with E-state index in [0.29, 0.717) is 30.0 Å². The van der Waals surface area contributed by atoms with Crippen molar-refractivity contribution in [1.82, 2.24) is 10.6 Å². The van der Waals surface area contributed by atoms with Gasteiger partial charge in [0.1, 0.15) is 5.75 Å². The van der Waals surface area contributed by atoms with Crippen molar-refractivity contribution in [2.24, 2.45) is 0 Å². The van der Waals surface area contributed by atoms with Crippen LogP contribution >= 0.6 is 0 Å². The van der Waals surface area contributed by atoms with E-state index < -0.39 is 11.6 Å². The maximum Gasteiger partial charge on any atom is 0.251 e. The number of rotatable bonds is 5. The maximum absolute atomic E-state index is 13.6. The van der Waals surface area contributed by atoms with E-state index in [9.17, 15) is 13.6 Å². The van der Waals surface area contributed by atoms with E-state index in [-0.39, 0.29) is 17.9 Å². The van der Waals surface area contributed by atoms with E-state index in [1.54, 1.807) is 30.3 Å². The van der Waals surface area contributed by atoms with Gasteiger partial charge in [0.15, 0.2) is 11.6 Å². The van der Waals surface area contributed by atoms with Gasteiger partial charge in [-0.05, 0) is 61.9 Å². The minimum atomic E-state index is -0.863. The summed E-state index contributed by atoms with van der Waals surface area (Å²) in [5.41, 5.74) is 1.23. The predicted octanol–water partition coefficient (Wildman–Crippen LogP) is 3.24. The highest BCUT2D eigenvalue weighted by Gasteiger charge is 2.28. The van der Waals surface area contributed by atoms with Gasteiger partial charge < -0.3 is 15.4 Å². The molecule has 0 aromatic heterocycles. The molecule has 1 saturated heterocycles. The number of carbonyl (C=O) groups is 1. The van der Waals surface area contributed by atoms with Crippen LogP contribution in [0.15, 0.2) is 42.5 Å². The summed E-state index contributed by atoms with van der Waals surface area (Å²) >= 11 is 0. The van der Waals surface area contributed by atoms with Crippen molar-refractivity contribution >= 4 is 5.91 Å². The Morgan fingerprint density at radius 2 is 1.96 bits per heavy atom. The molecule has 2 aromatic rings. The Morgan fingerprint density at radius 1 is 1.19 bits per heavy atom. The highest BCUT2D eigenvalue weighted by molar-refractivity contribution is 5.94. The van der Waals surface area contributed by atoms with Crippen LogP contribution in [0.4, 0.5) is 8.78 Å². The van der Waals surface area contributed by atoms with Gasteiger partial charge in [-0.1, -0.05) is 6.07 Å². The van der Waals surface area contributed by atoms with Gasteiger partial charge in [0.25, 0.3) is 5.91 Å². The molecule has 1 fully saturated rings. The van der Waals surface area contributed by atoms with Crippen LogP contribution in [-0.2, 0) is 0 Å². The van der Waals surface area contributed by atoms with E-state index in [0.717, 1.165) is 19.0 Å². The Balaban J connectivity index is 1.73. The second kappa shape index (κ2) is 8.27. The number of carbonyl (C=O) groups excluding carboxylic acids is 1. The zero-order valence-corrected chi connectivity index (χ0v) is 14.6. The summed E-state index contributed by atoms with van der Waals surface area (Å²) in [6.45, 7) is 3.80. The molecule has 2 unspecified atom stereocenters. The molecular weight excluding hydrogens is 338 g/mol. The Morgan fingerprint density at radius 3 is 2.65 bits per heavy atom. The van der Waals surface area contributed by atoms with E-state index in [4.69, 9.17) is 4.74 Å². The van der Waals surface area contributed by atoms with Gasteiger partial charge in [-0.15, -0.1) is 0 Å². The topological polar surface area (TPSA) is 50.4 Å². The molecule has 0 bridgehead atoms. The molecule has 26 heavy (non-hydrogen) atoms. The van der Waals surface area contributed by atoms with Gasteiger partial charge in [-0.25, -0.2) is 8.78 Å². The van der Waals surface area contributed by atoms with Gasteiger partial charge >= 0.3 is 0 Å². The average Bonchev–Trinajstić information content (AvgIpc) is 2.65. The van der Waals surface area contributed by atoms with Gasteiger partial charge in [0.05, 0.1) is 6.61 Å². The molecule has 1 heterocycles. The fourth-order valence-corrected chi connectivity index (χ4v) is 3.27. The van der Waals surface area contributed by atoms with Gasteiger partial charge in [-0.3, -0.25) is 4.79 Å². The zero-order chi connectivity index (χ0) is 18.5. The van der Waals surface area contributed by atoms with E-state index >= 15 is 0 Å². The third kappa shape index (κ3) is 4.19. The summed E-state index contributed by atoms with van der Waals surface area (Å²) in [5, 5.41) is 6.25. The lowest BCUT2D eigenvalue weighted by atomic mass is 9.85. The molecule has 1 amide bonds. The fourth-order valence-electron chi connectivity index (χ4n) is 3.27. The number of nitrogens with one attached hydrogen (secondary N) is 2. The van der Waals surface area contributed by atoms with E-state index in [1.165, 1.54) is 6.07 Å². The van der Waals surface area contributed by atoms with Crippen LogP contribution in [0.1, 0.15) is 35.2 Å². The molecule has 3 rings (SSSR count). The first-order chi connectivity index (χ1) is 12.6. The molecule has 2 atom stereocenters. The largest absolute Gasteiger partial charge is 0.494 e. The zero-order valence-electron chi connectivity index (χ0n) is 14.6. The first-order valence-corrected chi connectivity index (χ1v) is 8.78. The average molecular weight is 360 g/mol. The van der Waals surface area contributed by atoms with E-state index in [1.807, 2.05) is 6.92 Å². The van der Waals surface area contributed by atoms with E-state index in [2.05, 4.69) is 10.6 Å². The quantitative estimate of drug-likeness (QED) is 0.861. The van der Waals surface area contributed by atoms with Crippen molar-refractivity contribution in [3.63, 3.8) is 0 Å². The van der Waals surface area contributed by atoms with Crippen LogP contribution < -0.4 is 15.4 Å². The minimum absolute atomic E-state index is 0.0713. The van der Waals surface area contributed by atoms with Crippen molar-refractivity contribution in [1.29, 1.82) is 0 Å². The van der Waals surface area contributed by atoms with Crippen molar-refractivity contribution in [2.75, 3.05) is 19.7 Å². The Labute approximate surface area is 151 Å². The molecule has 0 spiro atoms. The van der Waals surface area contributed by atoms with Gasteiger partial charge in [-0.2, -0.15) is 0 Å². The smallest absolute Gasteiger partial charge is 0.251 e. The van der Waals surface area contributed by atoms with Crippen LogP contribution in [-0.4, -0.2) is 31.6 Å². The lowest BCUT2D eigenvalue weighted by Gasteiger charge is -2.33. The SMILES string of the molecule is CCOc1ccc(C(=O)NC2CNCCC2c2ccc(F)c(F)c2)cc1. The lowest BCUT2D eigenvalue weighted by Crippen LogP contribution is -2.50. The fraction of sp³-hybridized carbons (Fsp3) is 0.350. The Kier molecular flexibility index (Phi) is 5.83. The van der Waals surface area contributed by atoms with Crippen molar-refractivity contribution in [3.8, 4) is 5.75 Å². The molecule has 4 nitrogen and oxygen atoms in total. The first kappa shape index (κ1) is 18.3. The summed E-state index contributed by atoms with van der Waals surface area (Å²) < 4.78 is 32.2. The van der Waals surface area contributed by atoms with Crippen LogP contribution in [0, 0.1) is 11.6 Å². The molecule has 0 radical (unpaired) electrons. The summed E-state index contributed by atoms with van der Waals surface area (Å²) in [6.07, 6.45) is 0.735.